The molecule has 0 saturated heterocycles. The summed E-state index contributed by atoms with van der Waals surface area (Å²) in [5.74, 6) is -0.0730. The minimum Gasteiger partial charge on any atom is -0.480 e. The minimum atomic E-state index is -0.826. The lowest BCUT2D eigenvalue weighted by Crippen LogP contribution is -2.37. The van der Waals surface area contributed by atoms with Crippen LogP contribution in [0, 0.1) is 0 Å². The molecule has 0 fully saturated rings. The molecule has 0 radical (unpaired) electrons. The third-order valence-corrected chi connectivity index (χ3v) is 5.57. The summed E-state index contributed by atoms with van der Waals surface area (Å²) >= 11 is 0. The lowest BCUT2D eigenvalue weighted by Gasteiger charge is -2.19. The van der Waals surface area contributed by atoms with Crippen molar-refractivity contribution in [2.24, 2.45) is 0 Å². The van der Waals surface area contributed by atoms with Gasteiger partial charge in [0, 0.05) is 35.2 Å². The van der Waals surface area contributed by atoms with E-state index < -0.39 is 12.0 Å². The average Bonchev–Trinajstić information content (AvgIpc) is 3.37. The second kappa shape index (κ2) is 8.16. The Morgan fingerprint density at radius 2 is 1.83 bits per heavy atom. The molecular formula is C24H25N3O3. The van der Waals surface area contributed by atoms with Crippen molar-refractivity contribution in [3.63, 3.8) is 0 Å². The Morgan fingerprint density at radius 1 is 1.13 bits per heavy atom. The number of aromatic nitrogens is 2. The topological polar surface area (TPSA) is 71.5 Å². The Balaban J connectivity index is 1.71. The molecule has 0 amide bonds. The van der Waals surface area contributed by atoms with Gasteiger partial charge in [-0.05, 0) is 32.6 Å². The molecule has 0 spiro atoms. The van der Waals surface area contributed by atoms with E-state index >= 15 is 0 Å². The first kappa shape index (κ1) is 19.9. The number of benzene rings is 2. The fourth-order valence-corrected chi connectivity index (χ4v) is 3.83. The van der Waals surface area contributed by atoms with E-state index in [1.165, 1.54) is 0 Å². The molecule has 2 heterocycles. The molecule has 2 aromatic heterocycles. The van der Waals surface area contributed by atoms with Crippen molar-refractivity contribution < 1.29 is 14.4 Å². The van der Waals surface area contributed by atoms with Crippen molar-refractivity contribution in [2.45, 2.75) is 25.4 Å². The van der Waals surface area contributed by atoms with E-state index in [2.05, 4.69) is 22.7 Å². The van der Waals surface area contributed by atoms with Crippen LogP contribution in [0.4, 0.5) is 0 Å². The fraction of sp³-hybridized carbons (Fsp3) is 0.250. The third kappa shape index (κ3) is 3.74. The number of hydrogen-bond donors (Lipinski definition) is 1. The maximum absolute atomic E-state index is 11.7. The van der Waals surface area contributed by atoms with Gasteiger partial charge in [0.15, 0.2) is 5.76 Å². The van der Waals surface area contributed by atoms with Crippen LogP contribution in [0.5, 0.6) is 0 Å². The third-order valence-electron chi connectivity index (χ3n) is 5.57. The van der Waals surface area contributed by atoms with Gasteiger partial charge in [0.25, 0.3) is 0 Å². The first-order chi connectivity index (χ1) is 14.5. The molecule has 6 heteroatoms. The largest absolute Gasteiger partial charge is 0.480 e. The number of fused-ring (bicyclic) bond motifs is 1. The maximum atomic E-state index is 11.7. The van der Waals surface area contributed by atoms with Crippen LogP contribution in [-0.4, -0.2) is 45.8 Å². The molecule has 0 aliphatic rings. The second-order valence-electron chi connectivity index (χ2n) is 7.76. The molecule has 2 aromatic carbocycles. The van der Waals surface area contributed by atoms with Crippen LogP contribution in [-0.2, 0) is 11.2 Å². The van der Waals surface area contributed by atoms with Crippen molar-refractivity contribution in [1.29, 1.82) is 0 Å². The zero-order chi connectivity index (χ0) is 21.3. The molecule has 0 aliphatic carbocycles. The molecule has 30 heavy (non-hydrogen) atoms. The van der Waals surface area contributed by atoms with Gasteiger partial charge in [-0.1, -0.05) is 53.7 Å². The number of para-hydroxylation sites is 1. The van der Waals surface area contributed by atoms with Crippen LogP contribution in [0.25, 0.3) is 22.2 Å². The predicted molar refractivity (Wildman–Crippen MR) is 117 cm³/mol. The number of carbonyl (C=O) groups is 1. The number of carboxylic acids is 1. The maximum Gasteiger partial charge on any atom is 0.321 e. The van der Waals surface area contributed by atoms with Crippen LogP contribution in [0.1, 0.15) is 24.3 Å². The molecule has 2 atom stereocenters. The van der Waals surface area contributed by atoms with E-state index in [4.69, 9.17) is 4.52 Å². The van der Waals surface area contributed by atoms with Crippen LogP contribution >= 0.6 is 0 Å². The normalized spacial score (nSPS) is 13.6. The van der Waals surface area contributed by atoms with Crippen LogP contribution in [0.3, 0.4) is 0 Å². The zero-order valence-corrected chi connectivity index (χ0v) is 17.3. The summed E-state index contributed by atoms with van der Waals surface area (Å²) in [5, 5.41) is 14.9. The summed E-state index contributed by atoms with van der Waals surface area (Å²) in [7, 11) is 3.58. The van der Waals surface area contributed by atoms with Crippen molar-refractivity contribution >= 4 is 16.9 Å². The second-order valence-corrected chi connectivity index (χ2v) is 7.76. The van der Waals surface area contributed by atoms with E-state index in [0.29, 0.717) is 6.42 Å². The monoisotopic (exact) mass is 403 g/mol. The average molecular weight is 403 g/mol. The van der Waals surface area contributed by atoms with Gasteiger partial charge in [0.05, 0.1) is 6.04 Å². The molecule has 6 nitrogen and oxygen atoms in total. The highest BCUT2D eigenvalue weighted by molar-refractivity contribution is 5.85. The van der Waals surface area contributed by atoms with Crippen LogP contribution in [0.15, 0.2) is 71.4 Å². The van der Waals surface area contributed by atoms with Gasteiger partial charge in [-0.25, -0.2) is 0 Å². The Kier molecular flexibility index (Phi) is 5.42. The fourth-order valence-electron chi connectivity index (χ4n) is 3.83. The lowest BCUT2D eigenvalue weighted by atomic mass is 10.0. The summed E-state index contributed by atoms with van der Waals surface area (Å²) in [4.78, 5) is 13.4. The first-order valence-electron chi connectivity index (χ1n) is 9.95. The van der Waals surface area contributed by atoms with Crippen molar-refractivity contribution in [2.75, 3.05) is 14.1 Å². The van der Waals surface area contributed by atoms with Gasteiger partial charge in [0.1, 0.15) is 11.7 Å². The van der Waals surface area contributed by atoms with Gasteiger partial charge >= 0.3 is 5.97 Å². The molecule has 0 saturated carbocycles. The summed E-state index contributed by atoms with van der Waals surface area (Å²) in [6.07, 6.45) is 2.47. The summed E-state index contributed by atoms with van der Waals surface area (Å²) < 4.78 is 7.81. The summed E-state index contributed by atoms with van der Waals surface area (Å²) in [5.41, 5.74) is 3.85. The van der Waals surface area contributed by atoms with Gasteiger partial charge in [-0.2, -0.15) is 0 Å². The molecule has 2 unspecified atom stereocenters. The highest BCUT2D eigenvalue weighted by atomic mass is 16.5. The summed E-state index contributed by atoms with van der Waals surface area (Å²) in [6, 6.07) is 19.3. The zero-order valence-electron chi connectivity index (χ0n) is 17.3. The van der Waals surface area contributed by atoms with Gasteiger partial charge in [-0.15, -0.1) is 0 Å². The highest BCUT2D eigenvalue weighted by Crippen LogP contribution is 2.31. The standard InChI is InChI=1S/C24H25N3O3/c1-16(23-14-20(25-30-23)17-9-5-4-6-10-17)27-15-18(13-22(24(28)29)26(2)3)19-11-7-8-12-21(19)27/h4-12,14-16,22H,13H2,1-3H3,(H,28,29). The van der Waals surface area contributed by atoms with Crippen molar-refractivity contribution in [3.8, 4) is 11.3 Å². The smallest absolute Gasteiger partial charge is 0.321 e. The van der Waals surface area contributed by atoms with Crippen molar-refractivity contribution in [1.82, 2.24) is 14.6 Å². The molecule has 0 aliphatic heterocycles. The molecule has 154 valence electrons. The van der Waals surface area contributed by atoms with Crippen molar-refractivity contribution in [3.05, 3.63) is 78.2 Å². The first-order valence-corrected chi connectivity index (χ1v) is 9.95. The Labute approximate surface area is 175 Å². The van der Waals surface area contributed by atoms with E-state index in [-0.39, 0.29) is 6.04 Å². The molecule has 0 bridgehead atoms. The van der Waals surface area contributed by atoms with E-state index in [1.807, 2.05) is 60.8 Å². The van der Waals surface area contributed by atoms with Crippen LogP contribution < -0.4 is 0 Å². The molecule has 1 N–H and O–H groups in total. The van der Waals surface area contributed by atoms with E-state index in [1.54, 1.807) is 19.0 Å². The number of hydrogen-bond acceptors (Lipinski definition) is 4. The van der Waals surface area contributed by atoms with E-state index in [0.717, 1.165) is 33.5 Å². The Hall–Kier alpha value is -3.38. The number of likely N-dealkylation sites (N-methyl/N-ethyl adjacent to an activating group) is 1. The quantitative estimate of drug-likeness (QED) is 0.493. The van der Waals surface area contributed by atoms with E-state index in [9.17, 15) is 9.90 Å². The number of aliphatic carboxylic acids is 1. The minimum absolute atomic E-state index is 0.0868. The molecule has 4 rings (SSSR count). The molecule has 4 aromatic rings. The van der Waals surface area contributed by atoms with Gasteiger partial charge in [-0.3, -0.25) is 9.69 Å². The number of carboxylic acid groups (broad SMARTS) is 1. The predicted octanol–water partition coefficient (Wildman–Crippen LogP) is 4.46. The number of nitrogens with zero attached hydrogens (tertiary/aromatic N) is 3. The van der Waals surface area contributed by atoms with Gasteiger partial charge < -0.3 is 14.2 Å². The van der Waals surface area contributed by atoms with Gasteiger partial charge in [0.2, 0.25) is 0 Å². The lowest BCUT2D eigenvalue weighted by molar-refractivity contribution is -0.142. The SMILES string of the molecule is CC(c1cc(-c2ccccc2)no1)n1cc(CC(C(=O)O)N(C)C)c2ccccc21. The highest BCUT2D eigenvalue weighted by Gasteiger charge is 2.24. The summed E-state index contributed by atoms with van der Waals surface area (Å²) in [6.45, 7) is 2.06. The Bertz CT molecular complexity index is 1160. The van der Waals surface area contributed by atoms with Crippen LogP contribution in [0.2, 0.25) is 0 Å². The Morgan fingerprint density at radius 3 is 2.53 bits per heavy atom. The molecular weight excluding hydrogens is 378 g/mol. The number of rotatable bonds is 7.